The van der Waals surface area contributed by atoms with Crippen molar-refractivity contribution in [2.45, 2.75) is 37.7 Å². The predicted octanol–water partition coefficient (Wildman–Crippen LogP) is 5.63. The topological polar surface area (TPSA) is 30.5 Å². The average Bonchev–Trinajstić information content (AvgIpc) is 2.67. The molecule has 3 nitrogen and oxygen atoms in total. The molecule has 1 aliphatic rings. The summed E-state index contributed by atoms with van der Waals surface area (Å²) in [6.45, 7) is 2.01. The summed E-state index contributed by atoms with van der Waals surface area (Å²) in [6.07, 6.45) is -12.0. The number of nitrogens with one attached hydrogen (secondary N) is 1. The first-order valence-electron chi connectivity index (χ1n) is 9.00. The number of alkyl halides is 6. The third-order valence-electron chi connectivity index (χ3n) is 4.67. The molecular weight excluding hydrogens is 419 g/mol. The van der Waals surface area contributed by atoms with E-state index in [1.54, 1.807) is 0 Å². The first-order valence-corrected chi connectivity index (χ1v) is 9.00. The molecular formula is C20H18F7NO2. The van der Waals surface area contributed by atoms with Gasteiger partial charge in [0, 0.05) is 6.54 Å². The molecule has 2 aromatic carbocycles. The molecule has 0 aliphatic carbocycles. The van der Waals surface area contributed by atoms with Crippen LogP contribution in [-0.4, -0.2) is 19.4 Å². The quantitative estimate of drug-likeness (QED) is 0.630. The fourth-order valence-electron chi connectivity index (χ4n) is 3.14. The fraction of sp³-hybridized carbons (Fsp3) is 0.400. The highest BCUT2D eigenvalue weighted by Gasteiger charge is 2.38. The van der Waals surface area contributed by atoms with E-state index in [1.165, 1.54) is 31.2 Å². The minimum atomic E-state index is -4.95. The number of rotatable bonds is 4. The van der Waals surface area contributed by atoms with Crippen LogP contribution in [0.25, 0.3) is 0 Å². The average molecular weight is 437 g/mol. The minimum Gasteiger partial charge on any atom is -0.349 e. The second kappa shape index (κ2) is 8.52. The Labute approximate surface area is 167 Å². The molecule has 10 heteroatoms. The zero-order valence-electron chi connectivity index (χ0n) is 15.6. The molecule has 0 radical (unpaired) electrons. The van der Waals surface area contributed by atoms with Crippen LogP contribution in [0.2, 0.25) is 0 Å². The number of hydrogen-bond donors (Lipinski definition) is 1. The van der Waals surface area contributed by atoms with E-state index in [2.05, 4.69) is 5.32 Å². The van der Waals surface area contributed by atoms with Crippen LogP contribution >= 0.6 is 0 Å². The van der Waals surface area contributed by atoms with Crippen molar-refractivity contribution in [2.75, 3.05) is 13.2 Å². The SMILES string of the molecule is C[C@@H](O[C@@H]1OCCN[C@H]1c1ccc(F)cc1)c1cc(C(F)(F)F)cc(C(F)(F)F)c1. The van der Waals surface area contributed by atoms with Crippen molar-refractivity contribution in [3.63, 3.8) is 0 Å². The number of ether oxygens (including phenoxy) is 2. The van der Waals surface area contributed by atoms with E-state index in [-0.39, 0.29) is 18.2 Å². The second-order valence-corrected chi connectivity index (χ2v) is 6.84. The minimum absolute atomic E-state index is 0.0657. The smallest absolute Gasteiger partial charge is 0.349 e. The lowest BCUT2D eigenvalue weighted by Crippen LogP contribution is -2.43. The van der Waals surface area contributed by atoms with Gasteiger partial charge in [0.15, 0.2) is 6.29 Å². The zero-order valence-corrected chi connectivity index (χ0v) is 15.6. The Morgan fingerprint density at radius 3 is 2.07 bits per heavy atom. The summed E-state index contributed by atoms with van der Waals surface area (Å²) in [5, 5.41) is 3.10. The summed E-state index contributed by atoms with van der Waals surface area (Å²) in [5.74, 6) is -0.454. The van der Waals surface area contributed by atoms with Crippen LogP contribution in [0.4, 0.5) is 30.7 Å². The van der Waals surface area contributed by atoms with Gasteiger partial charge in [-0.25, -0.2) is 4.39 Å². The molecule has 30 heavy (non-hydrogen) atoms. The lowest BCUT2D eigenvalue weighted by molar-refractivity contribution is -0.200. The molecule has 164 valence electrons. The van der Waals surface area contributed by atoms with E-state index in [9.17, 15) is 30.7 Å². The van der Waals surface area contributed by atoms with Gasteiger partial charge in [-0.15, -0.1) is 0 Å². The molecule has 1 aliphatic heterocycles. The first kappa shape index (κ1) is 22.5. The fourth-order valence-corrected chi connectivity index (χ4v) is 3.14. The maximum absolute atomic E-state index is 13.2. The van der Waals surface area contributed by atoms with Crippen LogP contribution in [0.3, 0.4) is 0 Å². The van der Waals surface area contributed by atoms with Gasteiger partial charge in [-0.2, -0.15) is 26.3 Å². The Hall–Kier alpha value is -2.17. The molecule has 1 fully saturated rings. The maximum Gasteiger partial charge on any atom is 0.416 e. The van der Waals surface area contributed by atoms with Gasteiger partial charge in [-0.05, 0) is 48.4 Å². The normalized spacial score (nSPS) is 21.5. The molecule has 0 saturated carbocycles. The van der Waals surface area contributed by atoms with Gasteiger partial charge in [-0.1, -0.05) is 12.1 Å². The third-order valence-corrected chi connectivity index (χ3v) is 4.67. The van der Waals surface area contributed by atoms with Crippen molar-refractivity contribution < 1.29 is 40.2 Å². The predicted molar refractivity (Wildman–Crippen MR) is 92.8 cm³/mol. The molecule has 0 unspecified atom stereocenters. The summed E-state index contributed by atoms with van der Waals surface area (Å²) in [7, 11) is 0. The highest BCUT2D eigenvalue weighted by molar-refractivity contribution is 5.34. The number of morpholine rings is 1. The van der Waals surface area contributed by atoms with Gasteiger partial charge in [0.25, 0.3) is 0 Å². The summed E-state index contributed by atoms with van der Waals surface area (Å²) in [4.78, 5) is 0. The van der Waals surface area contributed by atoms with Gasteiger partial charge in [-0.3, -0.25) is 0 Å². The molecule has 3 atom stereocenters. The molecule has 0 amide bonds. The van der Waals surface area contributed by atoms with Gasteiger partial charge in [0.05, 0.1) is 29.9 Å². The van der Waals surface area contributed by atoms with Crippen molar-refractivity contribution in [2.24, 2.45) is 0 Å². The molecule has 0 bridgehead atoms. The van der Waals surface area contributed by atoms with Gasteiger partial charge in [0.1, 0.15) is 5.82 Å². The van der Waals surface area contributed by atoms with Crippen molar-refractivity contribution in [1.82, 2.24) is 5.32 Å². The lowest BCUT2D eigenvalue weighted by atomic mass is 10.0. The Morgan fingerprint density at radius 1 is 0.967 bits per heavy atom. The van der Waals surface area contributed by atoms with Crippen molar-refractivity contribution in [1.29, 1.82) is 0 Å². The van der Waals surface area contributed by atoms with E-state index in [1.807, 2.05) is 0 Å². The summed E-state index contributed by atoms with van der Waals surface area (Å²) < 4.78 is 103. The zero-order chi connectivity index (χ0) is 22.1. The van der Waals surface area contributed by atoms with Crippen LogP contribution in [-0.2, 0) is 21.8 Å². The van der Waals surface area contributed by atoms with E-state index in [0.29, 0.717) is 24.2 Å². The molecule has 2 aromatic rings. The number of benzene rings is 2. The lowest BCUT2D eigenvalue weighted by Gasteiger charge is -2.34. The van der Waals surface area contributed by atoms with Crippen molar-refractivity contribution >= 4 is 0 Å². The van der Waals surface area contributed by atoms with Crippen LogP contribution < -0.4 is 5.32 Å². The first-order chi connectivity index (χ1) is 13.9. The second-order valence-electron chi connectivity index (χ2n) is 6.84. The molecule has 0 spiro atoms. The van der Waals surface area contributed by atoms with Gasteiger partial charge < -0.3 is 14.8 Å². The maximum atomic E-state index is 13.2. The van der Waals surface area contributed by atoms with E-state index < -0.39 is 47.7 Å². The largest absolute Gasteiger partial charge is 0.416 e. The summed E-state index contributed by atoms with van der Waals surface area (Å²) in [6, 6.07) is 6.20. The Morgan fingerprint density at radius 2 is 1.53 bits per heavy atom. The third kappa shape index (κ3) is 5.30. The Balaban J connectivity index is 1.88. The van der Waals surface area contributed by atoms with Crippen LogP contribution in [0.5, 0.6) is 0 Å². The van der Waals surface area contributed by atoms with E-state index >= 15 is 0 Å². The number of hydrogen-bond acceptors (Lipinski definition) is 3. The van der Waals surface area contributed by atoms with Crippen LogP contribution in [0.15, 0.2) is 42.5 Å². The van der Waals surface area contributed by atoms with E-state index in [4.69, 9.17) is 9.47 Å². The highest BCUT2D eigenvalue weighted by Crippen LogP contribution is 2.38. The Kier molecular flexibility index (Phi) is 6.40. The van der Waals surface area contributed by atoms with Gasteiger partial charge >= 0.3 is 12.4 Å². The van der Waals surface area contributed by atoms with Crippen molar-refractivity contribution in [3.8, 4) is 0 Å². The molecule has 1 heterocycles. The number of halogens is 7. The van der Waals surface area contributed by atoms with Gasteiger partial charge in [0.2, 0.25) is 0 Å². The Bertz CT molecular complexity index is 833. The molecule has 1 saturated heterocycles. The standard InChI is InChI=1S/C20H18F7NO2/c1-11(13-8-14(19(22,23)24)10-15(9-13)20(25,26)27)30-18-17(28-6-7-29-18)12-2-4-16(21)5-3-12/h2-5,8-11,17-18,28H,6-7H2,1H3/t11-,17+,18+/m1/s1. The van der Waals surface area contributed by atoms with Crippen LogP contribution in [0.1, 0.15) is 41.3 Å². The van der Waals surface area contributed by atoms with Crippen LogP contribution in [0, 0.1) is 5.82 Å². The summed E-state index contributed by atoms with van der Waals surface area (Å²) >= 11 is 0. The van der Waals surface area contributed by atoms with Crippen molar-refractivity contribution in [3.05, 3.63) is 70.5 Å². The molecule has 3 rings (SSSR count). The van der Waals surface area contributed by atoms with E-state index in [0.717, 1.165) is 0 Å². The highest BCUT2D eigenvalue weighted by atomic mass is 19.4. The molecule has 1 N–H and O–H groups in total. The monoisotopic (exact) mass is 437 g/mol. The molecule has 0 aromatic heterocycles. The summed E-state index contributed by atoms with van der Waals surface area (Å²) in [5.41, 5.74) is -2.52.